The molecule has 4 aromatic rings. The van der Waals surface area contributed by atoms with Gasteiger partial charge in [0.2, 0.25) is 5.65 Å². The van der Waals surface area contributed by atoms with Crippen molar-refractivity contribution in [2.75, 3.05) is 0 Å². The summed E-state index contributed by atoms with van der Waals surface area (Å²) in [5.74, 6) is 0. The molecule has 4 heteroatoms. The summed E-state index contributed by atoms with van der Waals surface area (Å²) in [6.45, 7) is -1.55. The number of rotatable bonds is 0. The van der Waals surface area contributed by atoms with Crippen LogP contribution in [0.1, 0.15) is 9.68 Å². The van der Waals surface area contributed by atoms with E-state index in [1.165, 1.54) is 15.7 Å². The van der Waals surface area contributed by atoms with Crippen LogP contribution in [0.15, 0.2) is 42.6 Å². The number of pyridine rings is 1. The highest BCUT2D eigenvalue weighted by atomic mass is 32.1. The predicted octanol–water partition coefficient (Wildman–Crippen LogP) is 3.10. The molecule has 3 aromatic heterocycles. The van der Waals surface area contributed by atoms with Crippen LogP contribution in [0.5, 0.6) is 0 Å². The van der Waals surface area contributed by atoms with E-state index >= 15 is 0 Å². The predicted molar refractivity (Wildman–Crippen MR) is 80.8 cm³/mol. The van der Waals surface area contributed by atoms with Crippen LogP contribution >= 0.6 is 11.3 Å². The lowest BCUT2D eigenvalue weighted by Crippen LogP contribution is -2.32. The fourth-order valence-electron chi connectivity index (χ4n) is 3.05. The number of aryl methyl sites for hydroxylation is 1. The summed E-state index contributed by atoms with van der Waals surface area (Å²) in [4.78, 5) is 4.33. The van der Waals surface area contributed by atoms with Crippen molar-refractivity contribution >= 4 is 32.7 Å². The normalized spacial score (nSPS) is 15.9. The Labute approximate surface area is 123 Å². The molecule has 0 N–H and O–H groups in total. The smallest absolute Gasteiger partial charge is 0.217 e. The standard InChI is InChI=1S/C16H12N3S/c1-18-14-12(7-4-8-17-14)13-15(18)19-9-10-5-2-3-6-11(10)16(19)20-13/h2-8H,9H2,1H3/q+1/i1D3. The topological polar surface area (TPSA) is 21.7 Å². The van der Waals surface area contributed by atoms with Crippen molar-refractivity contribution in [1.29, 1.82) is 0 Å². The molecule has 0 spiro atoms. The summed E-state index contributed by atoms with van der Waals surface area (Å²) in [6.07, 6.45) is 1.65. The number of nitrogens with zero attached hydrogens (tertiary/aromatic N) is 3. The first-order valence-electron chi connectivity index (χ1n) is 7.96. The minimum Gasteiger partial charge on any atom is -0.217 e. The first-order chi connectivity index (χ1) is 11.1. The maximum absolute atomic E-state index is 7.96. The number of hydrogen-bond acceptors (Lipinski definition) is 2. The van der Waals surface area contributed by atoms with Crippen LogP contribution in [-0.2, 0) is 13.5 Å². The fourth-order valence-corrected chi connectivity index (χ4v) is 4.38. The van der Waals surface area contributed by atoms with E-state index in [1.807, 2.05) is 24.3 Å². The van der Waals surface area contributed by atoms with Gasteiger partial charge in [0.15, 0.2) is 5.01 Å². The summed E-state index contributed by atoms with van der Waals surface area (Å²) in [7, 11) is 0. The molecule has 0 radical (unpaired) electrons. The first-order valence-corrected chi connectivity index (χ1v) is 7.28. The molecule has 20 heavy (non-hydrogen) atoms. The van der Waals surface area contributed by atoms with Gasteiger partial charge in [0.1, 0.15) is 11.2 Å². The van der Waals surface area contributed by atoms with Crippen LogP contribution in [0, 0.1) is 0 Å². The van der Waals surface area contributed by atoms with Crippen molar-refractivity contribution in [2.45, 2.75) is 6.54 Å². The minimum atomic E-state index is -2.26. The Morgan fingerprint density at radius 1 is 1.30 bits per heavy atom. The molecule has 0 atom stereocenters. The third-order valence-corrected chi connectivity index (χ3v) is 5.17. The van der Waals surface area contributed by atoms with Gasteiger partial charge in [0.25, 0.3) is 0 Å². The number of aromatic nitrogens is 3. The largest absolute Gasteiger partial charge is 0.302 e. The summed E-state index contributed by atoms with van der Waals surface area (Å²) in [5.41, 5.74) is 3.70. The lowest BCUT2D eigenvalue weighted by molar-refractivity contribution is -0.644. The number of benzene rings is 1. The van der Waals surface area contributed by atoms with Gasteiger partial charge >= 0.3 is 5.65 Å². The highest BCUT2D eigenvalue weighted by molar-refractivity contribution is 7.22. The van der Waals surface area contributed by atoms with E-state index in [4.69, 9.17) is 4.11 Å². The average molecular weight is 281 g/mol. The van der Waals surface area contributed by atoms with Crippen LogP contribution in [0.4, 0.5) is 0 Å². The van der Waals surface area contributed by atoms with Crippen molar-refractivity contribution in [1.82, 2.24) is 9.55 Å². The number of fused-ring (bicyclic) bond motifs is 7. The van der Waals surface area contributed by atoms with Gasteiger partial charge in [-0.05, 0) is 18.2 Å². The molecule has 0 saturated carbocycles. The molecule has 0 saturated heterocycles. The van der Waals surface area contributed by atoms with Crippen LogP contribution in [0.25, 0.3) is 32.0 Å². The Kier molecular flexibility index (Phi) is 1.41. The summed E-state index contributed by atoms with van der Waals surface area (Å²) in [6, 6.07) is 12.1. The van der Waals surface area contributed by atoms with E-state index in [0.29, 0.717) is 12.2 Å². The van der Waals surface area contributed by atoms with Crippen molar-refractivity contribution < 1.29 is 8.68 Å². The third kappa shape index (κ3) is 1.11. The van der Waals surface area contributed by atoms with Gasteiger partial charge in [-0.25, -0.2) is 14.1 Å². The van der Waals surface area contributed by atoms with Crippen LogP contribution in [0.2, 0.25) is 0 Å². The molecule has 1 aromatic carbocycles. The highest BCUT2D eigenvalue weighted by Gasteiger charge is 2.32. The van der Waals surface area contributed by atoms with Gasteiger partial charge in [-0.15, -0.1) is 0 Å². The lowest BCUT2D eigenvalue weighted by Gasteiger charge is -1.92. The van der Waals surface area contributed by atoms with E-state index in [0.717, 1.165) is 20.7 Å². The Hall–Kier alpha value is -2.20. The molecule has 1 aliphatic heterocycles. The SMILES string of the molecule is [2H]C([2H])([2H])n1c2ncccc2c2sc3[n+](c21)Cc1ccccc1-3. The van der Waals surface area contributed by atoms with E-state index in [9.17, 15) is 0 Å². The Morgan fingerprint density at radius 3 is 3.20 bits per heavy atom. The molecule has 1 aliphatic rings. The molecule has 0 amide bonds. The van der Waals surface area contributed by atoms with Gasteiger partial charge in [-0.2, -0.15) is 0 Å². The maximum Gasteiger partial charge on any atom is 0.302 e. The quantitative estimate of drug-likeness (QED) is 0.400. The van der Waals surface area contributed by atoms with Crippen LogP contribution in [0.3, 0.4) is 0 Å². The van der Waals surface area contributed by atoms with Crippen molar-refractivity contribution in [3.05, 3.63) is 48.2 Å². The Morgan fingerprint density at radius 2 is 2.25 bits per heavy atom. The van der Waals surface area contributed by atoms with Gasteiger partial charge in [-0.3, -0.25) is 0 Å². The van der Waals surface area contributed by atoms with E-state index < -0.39 is 6.98 Å². The van der Waals surface area contributed by atoms with Crippen LogP contribution in [-0.4, -0.2) is 9.55 Å². The summed E-state index contributed by atoms with van der Waals surface area (Å²) in [5, 5.41) is 2.03. The van der Waals surface area contributed by atoms with E-state index in [2.05, 4.69) is 21.7 Å². The zero-order valence-electron chi connectivity index (χ0n) is 13.5. The Bertz CT molecular complexity index is 1090. The van der Waals surface area contributed by atoms with Gasteiger partial charge in [0.05, 0.1) is 16.5 Å². The first kappa shape index (κ1) is 8.17. The van der Waals surface area contributed by atoms with E-state index in [1.54, 1.807) is 17.5 Å². The monoisotopic (exact) mass is 281 g/mol. The second kappa shape index (κ2) is 3.46. The summed E-state index contributed by atoms with van der Waals surface area (Å²) >= 11 is 1.65. The number of thiazole rings is 1. The molecule has 0 aliphatic carbocycles. The average Bonchev–Trinajstić information content (AvgIpc) is 3.13. The van der Waals surface area contributed by atoms with Crippen molar-refractivity contribution in [3.63, 3.8) is 0 Å². The minimum absolute atomic E-state index is 0.528. The van der Waals surface area contributed by atoms with Gasteiger partial charge < -0.3 is 0 Å². The fraction of sp³-hybridized carbons (Fsp3) is 0.125. The molecule has 4 heterocycles. The molecule has 5 rings (SSSR count). The third-order valence-electron chi connectivity index (χ3n) is 3.93. The molecular weight excluding hydrogens is 266 g/mol. The maximum atomic E-state index is 7.96. The Balaban J connectivity index is 1.97. The molecule has 0 bridgehead atoms. The van der Waals surface area contributed by atoms with Crippen molar-refractivity contribution in [3.8, 4) is 10.6 Å². The molecule has 3 nitrogen and oxygen atoms in total. The van der Waals surface area contributed by atoms with Crippen LogP contribution < -0.4 is 4.57 Å². The second-order valence-electron chi connectivity index (χ2n) is 5.01. The highest BCUT2D eigenvalue weighted by Crippen LogP contribution is 2.38. The van der Waals surface area contributed by atoms with Crippen molar-refractivity contribution in [2.24, 2.45) is 6.98 Å². The van der Waals surface area contributed by atoms with Gasteiger partial charge in [0, 0.05) is 17.3 Å². The molecule has 0 fully saturated rings. The molecular formula is C16H12N3S+. The molecule has 96 valence electrons. The second-order valence-corrected chi connectivity index (χ2v) is 6.01. The zero-order valence-corrected chi connectivity index (χ0v) is 11.3. The molecule has 0 unspecified atom stereocenters. The van der Waals surface area contributed by atoms with E-state index in [-0.39, 0.29) is 0 Å². The number of hydrogen-bond donors (Lipinski definition) is 0. The van der Waals surface area contributed by atoms with Gasteiger partial charge in [-0.1, -0.05) is 29.5 Å². The lowest BCUT2D eigenvalue weighted by atomic mass is 10.1. The zero-order chi connectivity index (χ0) is 15.8. The summed E-state index contributed by atoms with van der Waals surface area (Å²) < 4.78 is 28.4.